The molecule has 3 nitrogen and oxygen atoms in total. The van der Waals surface area contributed by atoms with E-state index in [2.05, 4.69) is 0 Å². The van der Waals surface area contributed by atoms with Crippen molar-refractivity contribution in [1.29, 1.82) is 0 Å². The molecule has 0 spiro atoms. The van der Waals surface area contributed by atoms with Crippen LogP contribution in [0.3, 0.4) is 0 Å². The molecule has 0 amide bonds. The van der Waals surface area contributed by atoms with Crippen molar-refractivity contribution in [3.05, 3.63) is 129 Å². The maximum atomic E-state index is 11.5. The van der Waals surface area contributed by atoms with Crippen LogP contribution in [0.15, 0.2) is 54.1 Å². The Kier molecular flexibility index (Phi) is 11.2. The number of hydrogen-bond donors (Lipinski definition) is 1. The largest absolute Gasteiger partial charge is 2.00 e. The first-order valence-corrected chi connectivity index (χ1v) is 9.96. The summed E-state index contributed by atoms with van der Waals surface area (Å²) in [5.74, 6) is 1.01. The zero-order valence-electron chi connectivity index (χ0n) is 17.1. The summed E-state index contributed by atoms with van der Waals surface area (Å²) in [7, 11) is 0. The van der Waals surface area contributed by atoms with Crippen molar-refractivity contribution in [2.75, 3.05) is 6.61 Å². The van der Waals surface area contributed by atoms with Crippen LogP contribution >= 0.6 is 0 Å². The molecule has 0 atom stereocenters. The fourth-order valence-electron chi connectivity index (χ4n) is 3.32. The van der Waals surface area contributed by atoms with Crippen molar-refractivity contribution in [3.8, 4) is 11.5 Å². The maximum absolute atomic E-state index is 11.5. The first kappa shape index (κ1) is 25.5. The summed E-state index contributed by atoms with van der Waals surface area (Å²) in [5, 5.41) is 32.3. The van der Waals surface area contributed by atoms with E-state index in [-0.39, 0.29) is 35.2 Å². The Bertz CT molecular complexity index is 731. The minimum atomic E-state index is -0.0387. The van der Waals surface area contributed by atoms with Gasteiger partial charge in [0.05, 0.1) is 0 Å². The molecule has 4 rings (SSSR count). The number of aliphatic hydroxyl groups is 1. The normalized spacial score (nSPS) is 15.6. The second kappa shape index (κ2) is 13.6. The summed E-state index contributed by atoms with van der Waals surface area (Å²) in [4.78, 5) is 0. The molecule has 0 aliphatic heterocycles. The molecule has 0 aromatic heterocycles. The van der Waals surface area contributed by atoms with E-state index in [4.69, 9.17) is 0 Å². The fraction of sp³-hybridized carbons (Fsp3) is 0.111. The molecular formula is C27H24FeO3. The van der Waals surface area contributed by atoms with Gasteiger partial charge in [0.2, 0.25) is 0 Å². The Morgan fingerprint density at radius 1 is 0.645 bits per heavy atom. The summed E-state index contributed by atoms with van der Waals surface area (Å²) in [6, 6.07) is 13.4. The molecule has 2 aromatic rings. The van der Waals surface area contributed by atoms with E-state index in [9.17, 15) is 15.3 Å². The van der Waals surface area contributed by atoms with E-state index in [1.54, 1.807) is 24.3 Å². The van der Waals surface area contributed by atoms with Crippen molar-refractivity contribution >= 4 is 5.57 Å². The van der Waals surface area contributed by atoms with Crippen molar-refractivity contribution in [2.45, 2.75) is 12.8 Å². The number of benzene rings is 2. The molecule has 0 saturated heterocycles. The van der Waals surface area contributed by atoms with Crippen molar-refractivity contribution < 1.29 is 32.4 Å². The predicted octanol–water partition coefficient (Wildman–Crippen LogP) is 3.83. The number of rotatable bonds is 6. The molecule has 2 aliphatic rings. The van der Waals surface area contributed by atoms with Crippen LogP contribution in [0.1, 0.15) is 24.0 Å². The van der Waals surface area contributed by atoms with Crippen LogP contribution in [-0.4, -0.2) is 11.7 Å². The van der Waals surface area contributed by atoms with Gasteiger partial charge in [-0.05, 0) is 87.3 Å². The topological polar surface area (TPSA) is 66.3 Å². The molecule has 31 heavy (non-hydrogen) atoms. The molecule has 2 fully saturated rings. The Labute approximate surface area is 197 Å². The second-order valence-corrected chi connectivity index (χ2v) is 6.87. The zero-order valence-corrected chi connectivity index (χ0v) is 18.2. The second-order valence-electron chi connectivity index (χ2n) is 6.87. The smallest absolute Gasteiger partial charge is 0.872 e. The molecule has 158 valence electrons. The van der Waals surface area contributed by atoms with Gasteiger partial charge < -0.3 is 15.3 Å². The predicted molar refractivity (Wildman–Crippen MR) is 116 cm³/mol. The van der Waals surface area contributed by atoms with E-state index in [1.165, 1.54) is 0 Å². The van der Waals surface area contributed by atoms with Crippen molar-refractivity contribution in [1.82, 2.24) is 0 Å². The first-order chi connectivity index (χ1) is 14.7. The van der Waals surface area contributed by atoms with Gasteiger partial charge in [-0.2, -0.15) is 0 Å². The third kappa shape index (κ3) is 7.71. The van der Waals surface area contributed by atoms with Gasteiger partial charge in [0, 0.05) is 12.5 Å². The molecular weight excluding hydrogens is 428 g/mol. The standard InChI is InChI=1S/C22H21O3.C5H5.Fe/c23-15-3-6-21(16-4-1-2-5-16)22(17-7-11-19(24)12-8-17)18-9-13-20(25)14-10-18;1-2-4-5-3-1;/h1-2,4-5,7-14,23-25H,3,6,15H2;1-5H;/q;;+2/p-2. The van der Waals surface area contributed by atoms with Gasteiger partial charge in [0.25, 0.3) is 0 Å². The molecule has 0 heterocycles. The van der Waals surface area contributed by atoms with E-state index in [1.807, 2.05) is 82.1 Å². The van der Waals surface area contributed by atoms with Crippen LogP contribution in [0.5, 0.6) is 11.5 Å². The Hall–Kier alpha value is -1.74. The van der Waals surface area contributed by atoms with Crippen molar-refractivity contribution in [3.63, 3.8) is 0 Å². The van der Waals surface area contributed by atoms with Gasteiger partial charge in [-0.3, -0.25) is 0 Å². The number of hydrogen-bond acceptors (Lipinski definition) is 3. The van der Waals surface area contributed by atoms with Crippen LogP contribution in [0.4, 0.5) is 0 Å². The third-order valence-electron chi connectivity index (χ3n) is 4.74. The summed E-state index contributed by atoms with van der Waals surface area (Å²) < 4.78 is 0. The maximum Gasteiger partial charge on any atom is 2.00 e. The summed E-state index contributed by atoms with van der Waals surface area (Å²) in [6.45, 7) is 0.108. The van der Waals surface area contributed by atoms with Gasteiger partial charge >= 0.3 is 17.1 Å². The van der Waals surface area contributed by atoms with Crippen LogP contribution in [-0.2, 0) is 17.1 Å². The van der Waals surface area contributed by atoms with Crippen LogP contribution in [0.25, 0.3) is 5.57 Å². The van der Waals surface area contributed by atoms with Crippen LogP contribution in [0.2, 0.25) is 0 Å². The van der Waals surface area contributed by atoms with E-state index in [0.29, 0.717) is 12.8 Å². The van der Waals surface area contributed by atoms with Gasteiger partial charge in [0.1, 0.15) is 0 Å². The minimum absolute atomic E-state index is 0. The van der Waals surface area contributed by atoms with Crippen LogP contribution < -0.4 is 10.2 Å². The average Bonchev–Trinajstić information content (AvgIpc) is 3.50. The number of allylic oxidation sites excluding steroid dienone is 1. The third-order valence-corrected chi connectivity index (χ3v) is 4.74. The van der Waals surface area contributed by atoms with Gasteiger partial charge in [-0.25, -0.2) is 0 Å². The van der Waals surface area contributed by atoms with Gasteiger partial charge in [-0.1, -0.05) is 54.1 Å². The Morgan fingerprint density at radius 3 is 1.45 bits per heavy atom. The average molecular weight is 452 g/mol. The molecule has 1 N–H and O–H groups in total. The van der Waals surface area contributed by atoms with Crippen LogP contribution in [0, 0.1) is 63.7 Å². The summed E-state index contributed by atoms with van der Waals surface area (Å²) >= 11 is 0. The molecule has 10 radical (unpaired) electrons. The molecule has 0 bridgehead atoms. The van der Waals surface area contributed by atoms with E-state index in [0.717, 1.165) is 28.2 Å². The van der Waals surface area contributed by atoms with E-state index < -0.39 is 0 Å². The van der Waals surface area contributed by atoms with Gasteiger partial charge in [-0.15, -0.1) is 11.5 Å². The number of aliphatic hydroxyl groups excluding tert-OH is 1. The Morgan fingerprint density at radius 2 is 1.06 bits per heavy atom. The quantitative estimate of drug-likeness (QED) is 0.678. The Balaban J connectivity index is 0.000000501. The first-order valence-electron chi connectivity index (χ1n) is 9.96. The monoisotopic (exact) mass is 452 g/mol. The summed E-state index contributed by atoms with van der Waals surface area (Å²) in [5.41, 5.74) is 3.93. The van der Waals surface area contributed by atoms with Gasteiger partial charge in [0.15, 0.2) is 0 Å². The SMILES string of the molecule is [CH]1[CH][CH][CH][CH]1.[Fe+2].[O-]c1ccc(C(=C(CCCO)[C]2[CH][CH][CH][CH]2)c2ccc([O-])cc2)cc1. The fourth-order valence-corrected chi connectivity index (χ4v) is 3.32. The minimum Gasteiger partial charge on any atom is -0.872 e. The molecule has 2 aliphatic carbocycles. The van der Waals surface area contributed by atoms with E-state index >= 15 is 0 Å². The summed E-state index contributed by atoms with van der Waals surface area (Å²) in [6.07, 6.45) is 19.4. The zero-order chi connectivity index (χ0) is 21.2. The molecule has 0 unspecified atom stereocenters. The van der Waals surface area contributed by atoms with Crippen molar-refractivity contribution in [2.24, 2.45) is 0 Å². The molecule has 2 saturated carbocycles. The molecule has 2 aromatic carbocycles. The molecule has 4 heteroatoms.